The molecule has 0 aromatic heterocycles. The summed E-state index contributed by atoms with van der Waals surface area (Å²) in [6.07, 6.45) is 1.25. The highest BCUT2D eigenvalue weighted by Gasteiger charge is 2.22. The number of rotatable bonds is 4. The number of halogens is 2. The summed E-state index contributed by atoms with van der Waals surface area (Å²) in [6.45, 7) is 11.4. The Hall–Kier alpha value is -0.280. The van der Waals surface area contributed by atoms with Crippen LogP contribution in [0.3, 0.4) is 0 Å². The molecule has 1 heterocycles. The molecule has 2 nitrogen and oxygen atoms in total. The lowest BCUT2D eigenvalue weighted by molar-refractivity contribution is 0.154. The summed E-state index contributed by atoms with van der Waals surface area (Å²) < 4.78 is 0. The highest BCUT2D eigenvalue weighted by molar-refractivity contribution is 5.85. The second-order valence-corrected chi connectivity index (χ2v) is 5.84. The van der Waals surface area contributed by atoms with Gasteiger partial charge in [-0.1, -0.05) is 43.7 Å². The predicted octanol–water partition coefficient (Wildman–Crippen LogP) is 3.83. The maximum absolute atomic E-state index is 3.44. The van der Waals surface area contributed by atoms with E-state index in [1.807, 2.05) is 0 Å². The van der Waals surface area contributed by atoms with E-state index in [1.165, 1.54) is 30.6 Å². The molecule has 1 aromatic rings. The van der Waals surface area contributed by atoms with E-state index in [0.717, 1.165) is 19.0 Å². The highest BCUT2D eigenvalue weighted by Crippen LogP contribution is 2.28. The first-order chi connectivity index (χ1) is 8.66. The average molecular weight is 319 g/mol. The SMILES string of the molecule is Cc1ccc([C@@H](CC(C)C)N2CCNCC2)cc1.Cl.Cl. The predicted molar refractivity (Wildman–Crippen MR) is 92.3 cm³/mol. The molecule has 0 unspecified atom stereocenters. The van der Waals surface area contributed by atoms with E-state index in [1.54, 1.807) is 0 Å². The molecular weight excluding hydrogens is 291 g/mol. The second kappa shape index (κ2) is 9.62. The van der Waals surface area contributed by atoms with Gasteiger partial charge in [0, 0.05) is 32.2 Å². The Morgan fingerprint density at radius 2 is 1.60 bits per heavy atom. The van der Waals surface area contributed by atoms with Gasteiger partial charge in [0.25, 0.3) is 0 Å². The van der Waals surface area contributed by atoms with Crippen LogP contribution in [-0.4, -0.2) is 31.1 Å². The molecule has 1 N–H and O–H groups in total. The molecule has 0 bridgehead atoms. The molecule has 1 atom stereocenters. The quantitative estimate of drug-likeness (QED) is 0.907. The van der Waals surface area contributed by atoms with Crippen LogP contribution >= 0.6 is 24.8 Å². The lowest BCUT2D eigenvalue weighted by Crippen LogP contribution is -2.45. The molecule has 1 aliphatic heterocycles. The van der Waals surface area contributed by atoms with Crippen molar-refractivity contribution in [2.24, 2.45) is 5.92 Å². The van der Waals surface area contributed by atoms with E-state index in [2.05, 4.69) is 55.3 Å². The van der Waals surface area contributed by atoms with E-state index < -0.39 is 0 Å². The maximum Gasteiger partial charge on any atom is 0.0351 e. The summed E-state index contributed by atoms with van der Waals surface area (Å²) in [5.41, 5.74) is 2.83. The Bertz CT molecular complexity index is 359. The number of hydrogen-bond donors (Lipinski definition) is 1. The molecule has 0 spiro atoms. The van der Waals surface area contributed by atoms with Crippen LogP contribution in [0.5, 0.6) is 0 Å². The molecule has 4 heteroatoms. The zero-order valence-electron chi connectivity index (χ0n) is 12.8. The van der Waals surface area contributed by atoms with E-state index in [9.17, 15) is 0 Å². The van der Waals surface area contributed by atoms with Gasteiger partial charge >= 0.3 is 0 Å². The van der Waals surface area contributed by atoms with Crippen molar-refractivity contribution in [1.29, 1.82) is 0 Å². The molecule has 0 radical (unpaired) electrons. The van der Waals surface area contributed by atoms with Crippen molar-refractivity contribution in [2.45, 2.75) is 33.2 Å². The van der Waals surface area contributed by atoms with Crippen LogP contribution in [0.25, 0.3) is 0 Å². The topological polar surface area (TPSA) is 15.3 Å². The third kappa shape index (κ3) is 5.61. The van der Waals surface area contributed by atoms with E-state index >= 15 is 0 Å². The monoisotopic (exact) mass is 318 g/mol. The van der Waals surface area contributed by atoms with Crippen LogP contribution < -0.4 is 5.32 Å². The highest BCUT2D eigenvalue weighted by atomic mass is 35.5. The van der Waals surface area contributed by atoms with E-state index in [0.29, 0.717) is 6.04 Å². The minimum absolute atomic E-state index is 0. The Balaban J connectivity index is 0.00000180. The summed E-state index contributed by atoms with van der Waals surface area (Å²) >= 11 is 0. The largest absolute Gasteiger partial charge is 0.314 e. The summed E-state index contributed by atoms with van der Waals surface area (Å²) in [6, 6.07) is 9.69. The van der Waals surface area contributed by atoms with E-state index in [4.69, 9.17) is 0 Å². The molecule has 1 saturated heterocycles. The van der Waals surface area contributed by atoms with Crippen LogP contribution in [0, 0.1) is 12.8 Å². The van der Waals surface area contributed by atoms with Gasteiger partial charge in [0.2, 0.25) is 0 Å². The van der Waals surface area contributed by atoms with Crippen LogP contribution in [0.4, 0.5) is 0 Å². The minimum atomic E-state index is 0. The van der Waals surface area contributed by atoms with Crippen molar-refractivity contribution in [2.75, 3.05) is 26.2 Å². The van der Waals surface area contributed by atoms with Crippen molar-refractivity contribution in [1.82, 2.24) is 10.2 Å². The molecule has 1 aliphatic rings. The minimum Gasteiger partial charge on any atom is -0.314 e. The first-order valence-electron chi connectivity index (χ1n) is 7.18. The normalized spacial score (nSPS) is 17.2. The van der Waals surface area contributed by atoms with Gasteiger partial charge in [-0.25, -0.2) is 0 Å². The fraction of sp³-hybridized carbons (Fsp3) is 0.625. The molecular formula is C16H28Cl2N2. The summed E-state index contributed by atoms with van der Waals surface area (Å²) in [4.78, 5) is 2.64. The fourth-order valence-corrected chi connectivity index (χ4v) is 2.72. The Kier molecular flexibility index (Phi) is 9.48. The van der Waals surface area contributed by atoms with Gasteiger partial charge in [0.05, 0.1) is 0 Å². The average Bonchev–Trinajstić information content (AvgIpc) is 2.38. The Morgan fingerprint density at radius 3 is 2.10 bits per heavy atom. The molecule has 1 fully saturated rings. The third-order valence-corrected chi connectivity index (χ3v) is 3.75. The van der Waals surface area contributed by atoms with Crippen LogP contribution in [0.15, 0.2) is 24.3 Å². The van der Waals surface area contributed by atoms with Crippen molar-refractivity contribution >= 4 is 24.8 Å². The number of aryl methyl sites for hydroxylation is 1. The molecule has 2 rings (SSSR count). The molecule has 20 heavy (non-hydrogen) atoms. The molecule has 0 amide bonds. The lowest BCUT2D eigenvalue weighted by Gasteiger charge is -2.36. The van der Waals surface area contributed by atoms with Crippen molar-refractivity contribution in [3.05, 3.63) is 35.4 Å². The molecule has 1 aromatic carbocycles. The first-order valence-corrected chi connectivity index (χ1v) is 7.18. The van der Waals surface area contributed by atoms with Crippen LogP contribution in [0.1, 0.15) is 37.4 Å². The molecule has 116 valence electrons. The van der Waals surface area contributed by atoms with Gasteiger partial charge in [0.1, 0.15) is 0 Å². The first kappa shape index (κ1) is 19.7. The Labute approximate surface area is 136 Å². The van der Waals surface area contributed by atoms with Gasteiger partial charge in [0.15, 0.2) is 0 Å². The van der Waals surface area contributed by atoms with Crippen LogP contribution in [0.2, 0.25) is 0 Å². The van der Waals surface area contributed by atoms with Gasteiger partial charge in [-0.2, -0.15) is 0 Å². The number of nitrogens with one attached hydrogen (secondary N) is 1. The number of nitrogens with zero attached hydrogens (tertiary/aromatic N) is 1. The van der Waals surface area contributed by atoms with Gasteiger partial charge in [-0.3, -0.25) is 4.90 Å². The number of hydrogen-bond acceptors (Lipinski definition) is 2. The van der Waals surface area contributed by atoms with Crippen LogP contribution in [-0.2, 0) is 0 Å². The molecule has 0 saturated carbocycles. The molecule has 0 aliphatic carbocycles. The summed E-state index contributed by atoms with van der Waals surface area (Å²) in [5, 5.41) is 3.44. The van der Waals surface area contributed by atoms with Gasteiger partial charge in [-0.15, -0.1) is 24.8 Å². The summed E-state index contributed by atoms with van der Waals surface area (Å²) in [7, 11) is 0. The Morgan fingerprint density at radius 1 is 1.05 bits per heavy atom. The standard InChI is InChI=1S/C16H26N2.2ClH/c1-13(2)12-16(18-10-8-17-9-11-18)15-6-4-14(3)5-7-15;;/h4-7,13,16-17H,8-12H2,1-3H3;2*1H/t16-;;/m1../s1. The zero-order valence-corrected chi connectivity index (χ0v) is 14.4. The maximum atomic E-state index is 3.44. The number of benzene rings is 1. The van der Waals surface area contributed by atoms with Crippen molar-refractivity contribution < 1.29 is 0 Å². The summed E-state index contributed by atoms with van der Waals surface area (Å²) in [5.74, 6) is 0.742. The third-order valence-electron chi connectivity index (χ3n) is 3.75. The van der Waals surface area contributed by atoms with Crippen molar-refractivity contribution in [3.63, 3.8) is 0 Å². The van der Waals surface area contributed by atoms with Gasteiger partial charge < -0.3 is 5.32 Å². The smallest absolute Gasteiger partial charge is 0.0351 e. The second-order valence-electron chi connectivity index (χ2n) is 5.84. The number of piperazine rings is 1. The van der Waals surface area contributed by atoms with Crippen molar-refractivity contribution in [3.8, 4) is 0 Å². The van der Waals surface area contributed by atoms with Gasteiger partial charge in [-0.05, 0) is 24.8 Å². The van der Waals surface area contributed by atoms with E-state index in [-0.39, 0.29) is 24.8 Å². The zero-order chi connectivity index (χ0) is 13.0. The lowest BCUT2D eigenvalue weighted by atomic mass is 9.94. The fourth-order valence-electron chi connectivity index (χ4n) is 2.72.